The van der Waals surface area contributed by atoms with Crippen LogP contribution < -0.4 is 14.2 Å². The maximum atomic E-state index is 12.7. The number of carbonyl (C=O) groups is 1. The van der Waals surface area contributed by atoms with Crippen molar-refractivity contribution < 1.29 is 24.1 Å². The van der Waals surface area contributed by atoms with Gasteiger partial charge < -0.3 is 24.2 Å². The smallest absolute Gasteiger partial charge is 0.237 e. The molecule has 25 heavy (non-hydrogen) atoms. The minimum atomic E-state index is -0.465. The zero-order valence-electron chi connectivity index (χ0n) is 15.5. The first kappa shape index (κ1) is 17.8. The van der Waals surface area contributed by atoms with Crippen LogP contribution in [-0.2, 0) is 11.2 Å². The van der Waals surface area contributed by atoms with Crippen LogP contribution in [0, 0.1) is 6.92 Å². The van der Waals surface area contributed by atoms with Gasteiger partial charge in [-0.15, -0.1) is 0 Å². The van der Waals surface area contributed by atoms with Gasteiger partial charge in [-0.1, -0.05) is 0 Å². The number of piperazine rings is 1. The van der Waals surface area contributed by atoms with Gasteiger partial charge in [-0.05, 0) is 20.4 Å². The lowest BCUT2D eigenvalue weighted by Crippen LogP contribution is -2.59. The molecule has 2 heterocycles. The maximum absolute atomic E-state index is 12.7. The van der Waals surface area contributed by atoms with E-state index >= 15 is 0 Å². The van der Waals surface area contributed by atoms with Gasteiger partial charge >= 0.3 is 0 Å². The van der Waals surface area contributed by atoms with Gasteiger partial charge in [0.25, 0.3) is 0 Å². The normalized spacial score (nSPS) is 23.1. The van der Waals surface area contributed by atoms with E-state index in [0.717, 1.165) is 29.0 Å². The number of aliphatic hydroxyl groups excluding tert-OH is 1. The zero-order valence-corrected chi connectivity index (χ0v) is 15.5. The molecule has 2 aliphatic rings. The number of amides is 1. The molecule has 1 fully saturated rings. The van der Waals surface area contributed by atoms with E-state index in [1.54, 1.807) is 26.2 Å². The Hall–Kier alpha value is -1.99. The molecule has 1 amide bonds. The highest BCUT2D eigenvalue weighted by Crippen LogP contribution is 2.50. The first-order valence-corrected chi connectivity index (χ1v) is 8.40. The van der Waals surface area contributed by atoms with Gasteiger partial charge in [0.15, 0.2) is 11.5 Å². The third-order valence-electron chi connectivity index (χ3n) is 5.23. The first-order valence-electron chi connectivity index (χ1n) is 8.40. The second kappa shape index (κ2) is 6.72. The molecule has 1 N–H and O–H groups in total. The number of benzene rings is 1. The summed E-state index contributed by atoms with van der Waals surface area (Å²) in [7, 11) is 6.73. The number of ether oxygens (including phenoxy) is 3. The van der Waals surface area contributed by atoms with Crippen molar-refractivity contribution in [2.45, 2.75) is 25.4 Å². The van der Waals surface area contributed by atoms with Gasteiger partial charge in [0, 0.05) is 29.3 Å². The highest BCUT2D eigenvalue weighted by Gasteiger charge is 2.44. The molecule has 1 aromatic carbocycles. The van der Waals surface area contributed by atoms with Crippen molar-refractivity contribution in [3.63, 3.8) is 0 Å². The van der Waals surface area contributed by atoms with Crippen molar-refractivity contribution in [3.05, 3.63) is 16.7 Å². The number of likely N-dealkylation sites (N-methyl/N-ethyl adjacent to an activating group) is 1. The van der Waals surface area contributed by atoms with Gasteiger partial charge in [-0.2, -0.15) is 0 Å². The van der Waals surface area contributed by atoms with Crippen LogP contribution in [0.4, 0.5) is 0 Å². The number of fused-ring (bicyclic) bond motifs is 2. The lowest BCUT2D eigenvalue weighted by molar-refractivity contribution is -0.144. The number of hydrogen-bond donors (Lipinski definition) is 1. The SMILES string of the molecule is COc1c(C)c(OC)c(OC)c2c1C[C@H]1CN(C)CC(=O)N1[C@H]2CO. The van der Waals surface area contributed by atoms with Gasteiger partial charge in [-0.25, -0.2) is 0 Å². The highest BCUT2D eigenvalue weighted by atomic mass is 16.5. The van der Waals surface area contributed by atoms with Gasteiger partial charge in [-0.3, -0.25) is 9.69 Å². The molecule has 0 aliphatic carbocycles. The number of nitrogens with zero attached hydrogens (tertiary/aromatic N) is 2. The van der Waals surface area contributed by atoms with E-state index in [1.165, 1.54) is 0 Å². The molecule has 7 nitrogen and oxygen atoms in total. The lowest BCUT2D eigenvalue weighted by atomic mass is 9.84. The quantitative estimate of drug-likeness (QED) is 0.864. The van der Waals surface area contributed by atoms with Crippen molar-refractivity contribution in [2.75, 3.05) is 48.1 Å². The summed E-state index contributed by atoms with van der Waals surface area (Å²) >= 11 is 0. The van der Waals surface area contributed by atoms with Gasteiger partial charge in [0.05, 0.1) is 40.5 Å². The molecule has 138 valence electrons. The van der Waals surface area contributed by atoms with Crippen LogP contribution in [-0.4, -0.2) is 74.9 Å². The van der Waals surface area contributed by atoms with Crippen LogP contribution in [0.3, 0.4) is 0 Å². The molecule has 0 saturated carbocycles. The number of rotatable bonds is 4. The average molecular weight is 350 g/mol. The molecule has 1 saturated heterocycles. The minimum absolute atomic E-state index is 0.00213. The molecule has 2 atom stereocenters. The van der Waals surface area contributed by atoms with Crippen molar-refractivity contribution in [1.82, 2.24) is 9.80 Å². The molecule has 1 aromatic rings. The Labute approximate surface area is 148 Å². The van der Waals surface area contributed by atoms with Gasteiger partial charge in [0.1, 0.15) is 5.75 Å². The predicted molar refractivity (Wildman–Crippen MR) is 92.5 cm³/mol. The Morgan fingerprint density at radius 1 is 1.12 bits per heavy atom. The second-order valence-electron chi connectivity index (χ2n) is 6.67. The lowest BCUT2D eigenvalue weighted by Gasteiger charge is -2.48. The Bertz CT molecular complexity index is 691. The summed E-state index contributed by atoms with van der Waals surface area (Å²) in [6, 6.07) is -0.462. The second-order valence-corrected chi connectivity index (χ2v) is 6.67. The third-order valence-corrected chi connectivity index (χ3v) is 5.23. The van der Waals surface area contributed by atoms with E-state index in [9.17, 15) is 9.90 Å². The van der Waals surface area contributed by atoms with Crippen molar-refractivity contribution in [1.29, 1.82) is 0 Å². The van der Waals surface area contributed by atoms with Crippen LogP contribution in [0.2, 0.25) is 0 Å². The van der Waals surface area contributed by atoms with Crippen LogP contribution in [0.1, 0.15) is 22.7 Å². The van der Waals surface area contributed by atoms with Crippen LogP contribution >= 0.6 is 0 Å². The number of aliphatic hydroxyl groups is 1. The summed E-state index contributed by atoms with van der Waals surface area (Å²) in [6.07, 6.45) is 0.659. The summed E-state index contributed by atoms with van der Waals surface area (Å²) in [5, 5.41) is 10.1. The van der Waals surface area contributed by atoms with Gasteiger partial charge in [0.2, 0.25) is 5.91 Å². The third kappa shape index (κ3) is 2.62. The van der Waals surface area contributed by atoms with E-state index in [1.807, 2.05) is 18.9 Å². The van der Waals surface area contributed by atoms with Crippen molar-refractivity contribution in [2.24, 2.45) is 0 Å². The van der Waals surface area contributed by atoms with E-state index in [2.05, 4.69) is 0 Å². The highest BCUT2D eigenvalue weighted by molar-refractivity contribution is 5.81. The topological polar surface area (TPSA) is 71.5 Å². The fourth-order valence-electron chi connectivity index (χ4n) is 4.33. The standard InChI is InChI=1S/C18H26N2O5/c1-10-16(23-3)12-6-11-7-19(2)8-14(22)20(11)13(9-21)15(12)18(25-5)17(10)24-4/h11,13,21H,6-9H2,1-5H3/t11-,13-/m0/s1. The molecule has 0 aromatic heterocycles. The zero-order chi connectivity index (χ0) is 18.3. The molecular weight excluding hydrogens is 324 g/mol. The predicted octanol–water partition coefficient (Wildman–Crippen LogP) is 0.753. The first-order chi connectivity index (χ1) is 12.0. The van der Waals surface area contributed by atoms with Crippen LogP contribution in [0.25, 0.3) is 0 Å². The molecule has 0 radical (unpaired) electrons. The van der Waals surface area contributed by atoms with E-state index < -0.39 is 6.04 Å². The maximum Gasteiger partial charge on any atom is 0.237 e. The molecule has 0 unspecified atom stereocenters. The minimum Gasteiger partial charge on any atom is -0.496 e. The summed E-state index contributed by atoms with van der Waals surface area (Å²) in [5.74, 6) is 1.91. The molecule has 3 rings (SSSR count). The fourth-order valence-corrected chi connectivity index (χ4v) is 4.33. The number of carbonyl (C=O) groups excluding carboxylic acids is 1. The molecule has 7 heteroatoms. The van der Waals surface area contributed by atoms with Crippen LogP contribution in [0.15, 0.2) is 0 Å². The number of hydrogen-bond acceptors (Lipinski definition) is 6. The largest absolute Gasteiger partial charge is 0.496 e. The summed E-state index contributed by atoms with van der Waals surface area (Å²) in [5.41, 5.74) is 2.64. The van der Waals surface area contributed by atoms with Crippen molar-refractivity contribution >= 4 is 5.91 Å². The monoisotopic (exact) mass is 350 g/mol. The van der Waals surface area contributed by atoms with E-state index in [0.29, 0.717) is 24.5 Å². The van der Waals surface area contributed by atoms with Crippen LogP contribution in [0.5, 0.6) is 17.2 Å². The molecule has 2 aliphatic heterocycles. The number of methoxy groups -OCH3 is 3. The Kier molecular flexibility index (Phi) is 4.79. The van der Waals surface area contributed by atoms with Crippen molar-refractivity contribution in [3.8, 4) is 17.2 Å². The molecular formula is C18H26N2O5. The Balaban J connectivity index is 2.26. The summed E-state index contributed by atoms with van der Waals surface area (Å²) < 4.78 is 16.9. The summed E-state index contributed by atoms with van der Waals surface area (Å²) in [4.78, 5) is 16.5. The van der Waals surface area contributed by atoms with E-state index in [-0.39, 0.29) is 18.6 Å². The summed E-state index contributed by atoms with van der Waals surface area (Å²) in [6.45, 7) is 2.87. The Morgan fingerprint density at radius 2 is 1.76 bits per heavy atom. The fraction of sp³-hybridized carbons (Fsp3) is 0.611. The van der Waals surface area contributed by atoms with E-state index in [4.69, 9.17) is 14.2 Å². The molecule has 0 bridgehead atoms. The molecule has 0 spiro atoms. The Morgan fingerprint density at radius 3 is 2.32 bits per heavy atom. The average Bonchev–Trinajstić information content (AvgIpc) is 2.58.